The standard InChI is InChI=1S/C9H14FN4O6P/c1-4(11)8-12-3-14(13-8)9-7(16)6(15)5(20-9)2-19-21(10,17)18/h3,5-7,9,15-16H,1-2,11H2,(H,17,18)/t5-,6-,7-,9-/m1/s1. The number of hydrogen-bond acceptors (Lipinski definition) is 8. The Morgan fingerprint density at radius 3 is 2.81 bits per heavy atom. The van der Waals surface area contributed by atoms with Gasteiger partial charge in [-0.25, -0.2) is 14.2 Å². The van der Waals surface area contributed by atoms with Crippen molar-refractivity contribution in [3.8, 4) is 0 Å². The van der Waals surface area contributed by atoms with Crippen molar-refractivity contribution in [2.75, 3.05) is 6.61 Å². The molecule has 10 nitrogen and oxygen atoms in total. The van der Waals surface area contributed by atoms with E-state index < -0.39 is 39.1 Å². The van der Waals surface area contributed by atoms with E-state index in [1.807, 2.05) is 0 Å². The molecule has 2 rings (SSSR count). The minimum atomic E-state index is -5.20. The summed E-state index contributed by atoms with van der Waals surface area (Å²) in [6, 6.07) is 0. The van der Waals surface area contributed by atoms with Crippen molar-refractivity contribution in [1.29, 1.82) is 0 Å². The van der Waals surface area contributed by atoms with Crippen LogP contribution in [-0.4, -0.2) is 54.8 Å². The van der Waals surface area contributed by atoms with E-state index in [2.05, 4.69) is 21.2 Å². The Morgan fingerprint density at radius 1 is 1.62 bits per heavy atom. The number of halogens is 1. The van der Waals surface area contributed by atoms with Gasteiger partial charge < -0.3 is 20.7 Å². The summed E-state index contributed by atoms with van der Waals surface area (Å²) in [5.41, 5.74) is 5.50. The summed E-state index contributed by atoms with van der Waals surface area (Å²) in [6.45, 7) is 2.72. The molecule has 5 atom stereocenters. The van der Waals surface area contributed by atoms with Crippen LogP contribution in [0.25, 0.3) is 5.70 Å². The van der Waals surface area contributed by atoms with Crippen molar-refractivity contribution in [3.05, 3.63) is 18.7 Å². The number of aromatic nitrogens is 3. The maximum atomic E-state index is 12.4. The summed E-state index contributed by atoms with van der Waals surface area (Å²) in [7, 11) is -5.20. The van der Waals surface area contributed by atoms with Gasteiger partial charge in [0.2, 0.25) is 0 Å². The van der Waals surface area contributed by atoms with Gasteiger partial charge in [0, 0.05) is 0 Å². The van der Waals surface area contributed by atoms with Gasteiger partial charge in [0.25, 0.3) is 0 Å². The molecule has 1 saturated heterocycles. The van der Waals surface area contributed by atoms with E-state index >= 15 is 0 Å². The smallest absolute Gasteiger partial charge is 0.396 e. The fourth-order valence-electron chi connectivity index (χ4n) is 1.80. The van der Waals surface area contributed by atoms with Crippen LogP contribution in [-0.2, 0) is 13.8 Å². The molecular formula is C9H14FN4O6P. The summed E-state index contributed by atoms with van der Waals surface area (Å²) in [4.78, 5) is 12.2. The molecule has 1 aliphatic heterocycles. The molecule has 5 N–H and O–H groups in total. The summed E-state index contributed by atoms with van der Waals surface area (Å²) in [6.07, 6.45) is -4.03. The zero-order valence-corrected chi connectivity index (χ0v) is 11.5. The maximum absolute atomic E-state index is 12.4. The van der Waals surface area contributed by atoms with Gasteiger partial charge in [0.05, 0.1) is 12.3 Å². The normalized spacial score (nSPS) is 32.0. The molecule has 12 heteroatoms. The lowest BCUT2D eigenvalue weighted by atomic mass is 10.1. The minimum Gasteiger partial charge on any atom is -0.396 e. The third-order valence-corrected chi connectivity index (χ3v) is 3.26. The first-order chi connectivity index (χ1) is 9.69. The van der Waals surface area contributed by atoms with Crippen molar-refractivity contribution in [2.45, 2.75) is 24.5 Å². The van der Waals surface area contributed by atoms with Gasteiger partial charge in [0.15, 0.2) is 12.1 Å². The number of aliphatic hydroxyl groups excluding tert-OH is 2. The van der Waals surface area contributed by atoms with Crippen LogP contribution in [0.3, 0.4) is 0 Å². The molecule has 21 heavy (non-hydrogen) atoms. The Hall–Kier alpha value is -1.36. The third-order valence-electron chi connectivity index (χ3n) is 2.79. The van der Waals surface area contributed by atoms with Gasteiger partial charge >= 0.3 is 7.91 Å². The average molecular weight is 324 g/mol. The highest BCUT2D eigenvalue weighted by Crippen LogP contribution is 2.44. The SMILES string of the molecule is C=C(N)c1ncn([C@@H]2O[C@H](COP(=O)(O)F)[C@@H](O)[C@H]2O)n1. The van der Waals surface area contributed by atoms with Gasteiger partial charge in [-0.3, -0.25) is 9.42 Å². The van der Waals surface area contributed by atoms with E-state index in [9.17, 15) is 19.0 Å². The van der Waals surface area contributed by atoms with Crippen molar-refractivity contribution >= 4 is 13.6 Å². The van der Waals surface area contributed by atoms with Gasteiger partial charge in [0.1, 0.15) is 24.6 Å². The zero-order valence-electron chi connectivity index (χ0n) is 10.6. The summed E-state index contributed by atoms with van der Waals surface area (Å²) in [5.74, 6) is 0.114. The molecule has 0 aliphatic carbocycles. The second-order valence-corrected chi connectivity index (χ2v) is 5.53. The second-order valence-electron chi connectivity index (χ2n) is 4.37. The van der Waals surface area contributed by atoms with Crippen LogP contribution in [0.1, 0.15) is 12.1 Å². The molecule has 118 valence electrons. The predicted octanol–water partition coefficient (Wildman–Crippen LogP) is -1.09. The van der Waals surface area contributed by atoms with Gasteiger partial charge in [-0.2, -0.15) is 0 Å². The van der Waals surface area contributed by atoms with E-state index in [0.717, 1.165) is 4.68 Å². The Balaban J connectivity index is 2.08. The summed E-state index contributed by atoms with van der Waals surface area (Å²) in [5, 5.41) is 23.5. The molecule has 1 fully saturated rings. The number of rotatable bonds is 5. The third kappa shape index (κ3) is 3.64. The first-order valence-electron chi connectivity index (χ1n) is 5.73. The lowest BCUT2D eigenvalue weighted by Crippen LogP contribution is -2.33. The molecule has 0 amide bonds. The van der Waals surface area contributed by atoms with E-state index in [4.69, 9.17) is 15.4 Å². The van der Waals surface area contributed by atoms with Crippen LogP contribution >= 0.6 is 7.91 Å². The van der Waals surface area contributed by atoms with Gasteiger partial charge in [-0.1, -0.05) is 6.58 Å². The number of nitrogens with two attached hydrogens (primary N) is 1. The molecule has 1 aliphatic rings. The topological polar surface area (TPSA) is 153 Å². The number of nitrogens with zero attached hydrogens (tertiary/aromatic N) is 3. The van der Waals surface area contributed by atoms with Crippen LogP contribution in [0.2, 0.25) is 0 Å². The van der Waals surface area contributed by atoms with Crippen LogP contribution in [0.4, 0.5) is 4.20 Å². The Bertz CT molecular complexity index is 576. The molecule has 0 bridgehead atoms. The lowest BCUT2D eigenvalue weighted by Gasteiger charge is -2.14. The summed E-state index contributed by atoms with van der Waals surface area (Å²) >= 11 is 0. The molecule has 0 aromatic carbocycles. The molecule has 0 radical (unpaired) electrons. The largest absolute Gasteiger partial charge is 0.510 e. The molecule has 0 spiro atoms. The highest BCUT2D eigenvalue weighted by atomic mass is 31.2. The molecule has 0 saturated carbocycles. The maximum Gasteiger partial charge on any atom is 0.510 e. The lowest BCUT2D eigenvalue weighted by molar-refractivity contribution is -0.0573. The quantitative estimate of drug-likeness (QED) is 0.495. The number of ether oxygens (including phenoxy) is 1. The van der Waals surface area contributed by atoms with Crippen molar-refractivity contribution in [2.24, 2.45) is 5.73 Å². The first kappa shape index (κ1) is 16.0. The summed E-state index contributed by atoms with van der Waals surface area (Å²) < 4.78 is 33.2. The second kappa shape index (κ2) is 5.79. The first-order valence-corrected chi connectivity index (χ1v) is 7.20. The average Bonchev–Trinajstić information content (AvgIpc) is 2.94. The Labute approximate surface area is 118 Å². The van der Waals surface area contributed by atoms with E-state index in [1.165, 1.54) is 6.33 Å². The van der Waals surface area contributed by atoms with Crippen LogP contribution in [0.5, 0.6) is 0 Å². The highest BCUT2D eigenvalue weighted by molar-refractivity contribution is 7.46. The number of aliphatic hydroxyl groups is 2. The van der Waals surface area contributed by atoms with Gasteiger partial charge in [-0.15, -0.1) is 9.30 Å². The van der Waals surface area contributed by atoms with E-state index in [-0.39, 0.29) is 11.5 Å². The molecule has 1 aromatic rings. The molecular weight excluding hydrogens is 310 g/mol. The van der Waals surface area contributed by atoms with E-state index in [0.29, 0.717) is 0 Å². The van der Waals surface area contributed by atoms with Crippen LogP contribution in [0.15, 0.2) is 12.9 Å². The fraction of sp³-hybridized carbons (Fsp3) is 0.556. The van der Waals surface area contributed by atoms with Crippen LogP contribution < -0.4 is 5.73 Å². The van der Waals surface area contributed by atoms with E-state index in [1.54, 1.807) is 0 Å². The monoisotopic (exact) mass is 324 g/mol. The van der Waals surface area contributed by atoms with Crippen molar-refractivity contribution in [3.63, 3.8) is 0 Å². The van der Waals surface area contributed by atoms with Crippen molar-refractivity contribution < 1.29 is 33.1 Å². The molecule has 1 unspecified atom stereocenters. The fourth-order valence-corrected chi connectivity index (χ4v) is 2.13. The zero-order chi connectivity index (χ0) is 15.8. The molecule has 1 aromatic heterocycles. The Kier molecular flexibility index (Phi) is 4.42. The highest BCUT2D eigenvalue weighted by Gasteiger charge is 2.45. The number of hydrogen-bond donors (Lipinski definition) is 4. The van der Waals surface area contributed by atoms with Crippen LogP contribution in [0, 0.1) is 0 Å². The predicted molar refractivity (Wildman–Crippen MR) is 66.1 cm³/mol. The van der Waals surface area contributed by atoms with Gasteiger partial charge in [-0.05, 0) is 0 Å². The van der Waals surface area contributed by atoms with Crippen molar-refractivity contribution in [1.82, 2.24) is 14.8 Å². The molecule has 2 heterocycles. The minimum absolute atomic E-state index is 0.0975. The Morgan fingerprint density at radius 2 is 2.29 bits per heavy atom.